The highest BCUT2D eigenvalue weighted by atomic mass is 19.4. The summed E-state index contributed by atoms with van der Waals surface area (Å²) >= 11 is 0. The second kappa shape index (κ2) is 6.79. The molecule has 1 heterocycles. The predicted octanol–water partition coefficient (Wildman–Crippen LogP) is 5.46. The van der Waals surface area contributed by atoms with Crippen molar-refractivity contribution in [3.63, 3.8) is 0 Å². The first-order valence-electron chi connectivity index (χ1n) is 7.90. The van der Waals surface area contributed by atoms with Gasteiger partial charge in [-0.3, -0.25) is 0 Å². The normalized spacial score (nSPS) is 12.6. The third kappa shape index (κ3) is 4.17. The van der Waals surface area contributed by atoms with E-state index in [2.05, 4.69) is 4.98 Å². The lowest BCUT2D eigenvalue weighted by atomic mass is 10.2. The van der Waals surface area contributed by atoms with Crippen LogP contribution in [0.2, 0.25) is 0 Å². The second-order valence-corrected chi connectivity index (χ2v) is 5.95. The van der Waals surface area contributed by atoms with Gasteiger partial charge in [0.2, 0.25) is 5.82 Å². The summed E-state index contributed by atoms with van der Waals surface area (Å²) in [7, 11) is 0. The molecular weight excluding hydrogens is 374 g/mol. The Morgan fingerprint density at radius 1 is 0.926 bits per heavy atom. The van der Waals surface area contributed by atoms with Crippen LogP contribution in [0.15, 0.2) is 42.5 Å². The molecule has 0 saturated carbocycles. The summed E-state index contributed by atoms with van der Waals surface area (Å²) in [6.07, 6.45) is -9.10. The average molecular weight is 388 g/mol. The van der Waals surface area contributed by atoms with E-state index in [1.54, 1.807) is 25.1 Å². The number of imidazole rings is 1. The van der Waals surface area contributed by atoms with E-state index in [1.165, 1.54) is 0 Å². The molecule has 3 nitrogen and oxygen atoms in total. The molecule has 27 heavy (non-hydrogen) atoms. The highest BCUT2D eigenvalue weighted by molar-refractivity contribution is 5.77. The van der Waals surface area contributed by atoms with Gasteiger partial charge in [-0.15, -0.1) is 0 Å². The summed E-state index contributed by atoms with van der Waals surface area (Å²) in [5.74, 6) is -0.907. The van der Waals surface area contributed by atoms with E-state index in [0.29, 0.717) is 5.52 Å². The predicted molar refractivity (Wildman–Crippen MR) is 86.4 cm³/mol. The Hall–Kier alpha value is -2.71. The van der Waals surface area contributed by atoms with Crippen LogP contribution >= 0.6 is 0 Å². The summed E-state index contributed by atoms with van der Waals surface area (Å²) in [6, 6.07) is 8.74. The van der Waals surface area contributed by atoms with Crippen molar-refractivity contribution in [1.29, 1.82) is 0 Å². The maximum atomic E-state index is 13.3. The van der Waals surface area contributed by atoms with Crippen LogP contribution in [-0.4, -0.2) is 16.2 Å². The van der Waals surface area contributed by atoms with E-state index in [4.69, 9.17) is 4.74 Å². The zero-order valence-electron chi connectivity index (χ0n) is 14.0. The third-order valence-corrected chi connectivity index (χ3v) is 3.92. The maximum Gasteiger partial charge on any atom is 0.449 e. The Kier molecular flexibility index (Phi) is 4.79. The zero-order chi connectivity index (χ0) is 19.8. The van der Waals surface area contributed by atoms with Gasteiger partial charge in [-0.2, -0.15) is 26.3 Å². The minimum absolute atomic E-state index is 0.136. The van der Waals surface area contributed by atoms with Crippen molar-refractivity contribution in [2.24, 2.45) is 0 Å². The lowest BCUT2D eigenvalue weighted by Gasteiger charge is -2.13. The number of aryl methyl sites for hydroxylation is 1. The molecule has 0 aliphatic rings. The number of halogens is 6. The number of ether oxygens (including phenoxy) is 1. The van der Waals surface area contributed by atoms with E-state index >= 15 is 0 Å². The molecule has 0 aliphatic heterocycles. The van der Waals surface area contributed by atoms with Crippen LogP contribution in [0.5, 0.6) is 5.75 Å². The Bertz CT molecular complexity index is 941. The molecule has 0 saturated heterocycles. The first-order chi connectivity index (χ1) is 12.6. The van der Waals surface area contributed by atoms with Crippen LogP contribution < -0.4 is 4.74 Å². The number of hydrogen-bond acceptors (Lipinski definition) is 2. The second-order valence-electron chi connectivity index (χ2n) is 5.95. The largest absolute Gasteiger partial charge is 0.492 e. The highest BCUT2D eigenvalue weighted by Crippen LogP contribution is 2.32. The molecule has 0 aliphatic carbocycles. The fourth-order valence-electron chi connectivity index (χ4n) is 2.68. The number of aromatic nitrogens is 2. The van der Waals surface area contributed by atoms with Crippen molar-refractivity contribution in [2.75, 3.05) is 6.61 Å². The summed E-state index contributed by atoms with van der Waals surface area (Å²) in [5, 5.41) is 0. The van der Waals surface area contributed by atoms with E-state index in [-0.39, 0.29) is 24.4 Å². The van der Waals surface area contributed by atoms with Crippen LogP contribution in [-0.2, 0) is 18.9 Å². The number of nitrogens with zero attached hydrogens (tertiary/aromatic N) is 2. The maximum absolute atomic E-state index is 13.3. The molecule has 144 valence electrons. The molecule has 3 rings (SSSR count). The Labute approximate surface area is 150 Å². The van der Waals surface area contributed by atoms with Crippen molar-refractivity contribution < 1.29 is 31.1 Å². The highest BCUT2D eigenvalue weighted by Gasteiger charge is 2.37. The third-order valence-electron chi connectivity index (χ3n) is 3.92. The van der Waals surface area contributed by atoms with Crippen LogP contribution in [0, 0.1) is 6.92 Å². The van der Waals surface area contributed by atoms with E-state index in [1.807, 2.05) is 0 Å². The minimum Gasteiger partial charge on any atom is -0.492 e. The summed E-state index contributed by atoms with van der Waals surface area (Å²) in [6.45, 7) is 1.43. The van der Waals surface area contributed by atoms with Gasteiger partial charge in [-0.1, -0.05) is 6.07 Å². The quantitative estimate of drug-likeness (QED) is 0.555. The summed E-state index contributed by atoms with van der Waals surface area (Å²) in [5.41, 5.74) is 0.479. The summed E-state index contributed by atoms with van der Waals surface area (Å²) < 4.78 is 83.7. The molecule has 2 aromatic carbocycles. The van der Waals surface area contributed by atoms with Gasteiger partial charge >= 0.3 is 12.4 Å². The molecule has 0 N–H and O–H groups in total. The van der Waals surface area contributed by atoms with Gasteiger partial charge in [0.25, 0.3) is 0 Å². The van der Waals surface area contributed by atoms with Gasteiger partial charge in [-0.05, 0) is 48.9 Å². The molecule has 0 fully saturated rings. The van der Waals surface area contributed by atoms with Crippen LogP contribution in [0.1, 0.15) is 17.0 Å². The molecule has 1 aromatic heterocycles. The van der Waals surface area contributed by atoms with Crippen molar-refractivity contribution in [3.05, 3.63) is 59.4 Å². The minimum atomic E-state index is -4.64. The Morgan fingerprint density at radius 2 is 1.59 bits per heavy atom. The standard InChI is InChI=1S/C18H14F6N2O/c1-11-2-7-15-14(10-11)25-16(18(22,23)24)26(15)8-9-27-13-5-3-12(4-6-13)17(19,20)21/h2-7,10H,8-9H2,1H3. The van der Waals surface area contributed by atoms with Crippen LogP contribution in [0.25, 0.3) is 11.0 Å². The lowest BCUT2D eigenvalue weighted by molar-refractivity contribution is -0.147. The number of fused-ring (bicyclic) bond motifs is 1. The van der Waals surface area contributed by atoms with Gasteiger partial charge in [0.15, 0.2) is 0 Å². The smallest absolute Gasteiger partial charge is 0.449 e. The van der Waals surface area contributed by atoms with Gasteiger partial charge in [0, 0.05) is 0 Å². The average Bonchev–Trinajstić information content (AvgIpc) is 2.92. The number of hydrogen-bond donors (Lipinski definition) is 0. The van der Waals surface area contributed by atoms with Gasteiger partial charge < -0.3 is 9.30 Å². The van der Waals surface area contributed by atoms with E-state index in [0.717, 1.165) is 34.4 Å². The number of rotatable bonds is 4. The fourth-order valence-corrected chi connectivity index (χ4v) is 2.68. The monoisotopic (exact) mass is 388 g/mol. The molecule has 0 amide bonds. The molecule has 0 atom stereocenters. The van der Waals surface area contributed by atoms with Crippen LogP contribution in [0.3, 0.4) is 0 Å². The van der Waals surface area contributed by atoms with E-state index < -0.39 is 23.7 Å². The van der Waals surface area contributed by atoms with Gasteiger partial charge in [0.05, 0.1) is 23.1 Å². The molecule has 0 bridgehead atoms. The Morgan fingerprint density at radius 3 is 2.19 bits per heavy atom. The molecule has 9 heteroatoms. The molecule has 0 unspecified atom stereocenters. The van der Waals surface area contributed by atoms with Gasteiger partial charge in [0.1, 0.15) is 12.4 Å². The van der Waals surface area contributed by atoms with Crippen LogP contribution in [0.4, 0.5) is 26.3 Å². The van der Waals surface area contributed by atoms with E-state index in [9.17, 15) is 26.3 Å². The topological polar surface area (TPSA) is 27.1 Å². The SMILES string of the molecule is Cc1ccc2c(c1)nc(C(F)(F)F)n2CCOc1ccc(C(F)(F)F)cc1. The molecule has 3 aromatic rings. The molecule has 0 spiro atoms. The zero-order valence-corrected chi connectivity index (χ0v) is 14.0. The van der Waals surface area contributed by atoms with Gasteiger partial charge in [-0.25, -0.2) is 4.98 Å². The first kappa shape index (κ1) is 19.1. The number of alkyl halides is 6. The first-order valence-corrected chi connectivity index (χ1v) is 7.90. The number of benzene rings is 2. The van der Waals surface area contributed by atoms with Crippen molar-refractivity contribution in [1.82, 2.24) is 9.55 Å². The fraction of sp³-hybridized carbons (Fsp3) is 0.278. The summed E-state index contributed by atoms with van der Waals surface area (Å²) in [4.78, 5) is 3.67. The lowest BCUT2D eigenvalue weighted by Crippen LogP contribution is -2.18. The van der Waals surface area contributed by atoms with Crippen molar-refractivity contribution in [2.45, 2.75) is 25.8 Å². The van der Waals surface area contributed by atoms with Crippen molar-refractivity contribution in [3.8, 4) is 5.75 Å². The molecule has 0 radical (unpaired) electrons. The molecular formula is C18H14F6N2O. The van der Waals surface area contributed by atoms with Crippen molar-refractivity contribution >= 4 is 11.0 Å². The Balaban J connectivity index is 1.78.